The Morgan fingerprint density at radius 3 is 2.57 bits per heavy atom. The van der Waals surface area contributed by atoms with E-state index in [1.807, 2.05) is 48.2 Å². The summed E-state index contributed by atoms with van der Waals surface area (Å²) in [6, 6.07) is 18.1. The van der Waals surface area contributed by atoms with Crippen LogP contribution in [0.25, 0.3) is 16.6 Å². The molecule has 0 radical (unpaired) electrons. The van der Waals surface area contributed by atoms with Crippen LogP contribution in [0.3, 0.4) is 0 Å². The average Bonchev–Trinajstić information content (AvgIpc) is 3.26. The fraction of sp³-hybridized carbons (Fsp3) is 0.217. The Morgan fingerprint density at radius 2 is 1.77 bits per heavy atom. The standard InChI is InChI=1S/C23H22BrN5O/c1-16-15-17(8-9-18(16)24)25-23(30)28-13-11-27(12-14-28)22-21-7-4-10-29(21)20-6-3-2-5-19(20)26-22/h2-10,15H,11-14H2,1H3,(H,25,30). The predicted octanol–water partition coefficient (Wildman–Crippen LogP) is 4.91. The summed E-state index contributed by atoms with van der Waals surface area (Å²) in [5.41, 5.74) is 5.08. The van der Waals surface area contributed by atoms with E-state index in [-0.39, 0.29) is 6.03 Å². The highest BCUT2D eigenvalue weighted by Gasteiger charge is 2.24. The monoisotopic (exact) mass is 463 g/mol. The molecule has 6 nitrogen and oxygen atoms in total. The zero-order chi connectivity index (χ0) is 20.7. The molecular formula is C23H22BrN5O. The molecule has 0 aliphatic carbocycles. The van der Waals surface area contributed by atoms with Gasteiger partial charge in [0.15, 0.2) is 5.82 Å². The van der Waals surface area contributed by atoms with Gasteiger partial charge in [0.1, 0.15) is 0 Å². The number of anilines is 2. The second-order valence-electron chi connectivity index (χ2n) is 7.56. The molecule has 3 heterocycles. The summed E-state index contributed by atoms with van der Waals surface area (Å²) >= 11 is 3.49. The van der Waals surface area contributed by atoms with Crippen LogP contribution in [0.5, 0.6) is 0 Å². The number of carbonyl (C=O) groups excluding carboxylic acids is 1. The van der Waals surface area contributed by atoms with Gasteiger partial charge in [0.2, 0.25) is 0 Å². The van der Waals surface area contributed by atoms with E-state index in [0.717, 1.165) is 51.2 Å². The Balaban J connectivity index is 1.32. The first-order valence-electron chi connectivity index (χ1n) is 10.0. The van der Waals surface area contributed by atoms with E-state index in [4.69, 9.17) is 4.98 Å². The number of hydrogen-bond donors (Lipinski definition) is 1. The minimum Gasteiger partial charge on any atom is -0.351 e. The molecule has 2 aromatic heterocycles. The van der Waals surface area contributed by atoms with Crippen LogP contribution in [-0.4, -0.2) is 46.5 Å². The fourth-order valence-electron chi connectivity index (χ4n) is 3.99. The molecule has 0 spiro atoms. The molecule has 1 N–H and O–H groups in total. The van der Waals surface area contributed by atoms with E-state index < -0.39 is 0 Å². The number of carbonyl (C=O) groups is 1. The van der Waals surface area contributed by atoms with Gasteiger partial charge in [-0.05, 0) is 55.0 Å². The van der Waals surface area contributed by atoms with Gasteiger partial charge in [0, 0.05) is 42.5 Å². The predicted molar refractivity (Wildman–Crippen MR) is 124 cm³/mol. The zero-order valence-corrected chi connectivity index (χ0v) is 18.3. The maximum Gasteiger partial charge on any atom is 0.321 e. The fourth-order valence-corrected chi connectivity index (χ4v) is 4.23. The molecule has 0 bridgehead atoms. The third kappa shape index (κ3) is 3.39. The number of para-hydroxylation sites is 2. The number of urea groups is 1. The Bertz CT molecular complexity index is 1240. The molecular weight excluding hydrogens is 442 g/mol. The number of nitrogens with one attached hydrogen (secondary N) is 1. The van der Waals surface area contributed by atoms with Gasteiger partial charge in [-0.25, -0.2) is 9.78 Å². The van der Waals surface area contributed by atoms with E-state index >= 15 is 0 Å². The van der Waals surface area contributed by atoms with Crippen LogP contribution < -0.4 is 10.2 Å². The van der Waals surface area contributed by atoms with Crippen LogP contribution in [0.2, 0.25) is 0 Å². The van der Waals surface area contributed by atoms with Crippen LogP contribution >= 0.6 is 15.9 Å². The molecule has 2 amide bonds. The number of benzene rings is 2. The van der Waals surface area contributed by atoms with E-state index in [1.165, 1.54) is 0 Å². The van der Waals surface area contributed by atoms with Gasteiger partial charge < -0.3 is 19.5 Å². The molecule has 1 saturated heterocycles. The minimum atomic E-state index is -0.0596. The van der Waals surface area contributed by atoms with Crippen molar-refractivity contribution in [1.82, 2.24) is 14.3 Å². The molecule has 1 fully saturated rings. The van der Waals surface area contributed by atoms with Gasteiger partial charge in [-0.3, -0.25) is 0 Å². The van der Waals surface area contributed by atoms with Crippen molar-refractivity contribution in [2.75, 3.05) is 36.4 Å². The SMILES string of the molecule is Cc1cc(NC(=O)N2CCN(c3nc4ccccc4n4cccc34)CC2)ccc1Br. The van der Waals surface area contributed by atoms with E-state index in [9.17, 15) is 4.79 Å². The summed E-state index contributed by atoms with van der Waals surface area (Å²) in [4.78, 5) is 21.8. The Labute approximate surface area is 183 Å². The van der Waals surface area contributed by atoms with Gasteiger partial charge in [-0.1, -0.05) is 28.1 Å². The highest BCUT2D eigenvalue weighted by atomic mass is 79.9. The number of hydrogen-bond acceptors (Lipinski definition) is 3. The third-order valence-electron chi connectivity index (χ3n) is 5.62. The molecule has 1 aliphatic heterocycles. The van der Waals surface area contributed by atoms with E-state index in [0.29, 0.717) is 13.1 Å². The van der Waals surface area contributed by atoms with Crippen molar-refractivity contribution in [3.05, 3.63) is 70.8 Å². The Kier molecular flexibility index (Phi) is 4.83. The summed E-state index contributed by atoms with van der Waals surface area (Å²) in [5, 5.41) is 3.01. The van der Waals surface area contributed by atoms with Gasteiger partial charge in [0.05, 0.1) is 16.6 Å². The number of nitrogens with zero attached hydrogens (tertiary/aromatic N) is 4. The maximum atomic E-state index is 12.7. The van der Waals surface area contributed by atoms with Gasteiger partial charge in [-0.15, -0.1) is 0 Å². The number of halogens is 1. The number of piperazine rings is 1. The Morgan fingerprint density at radius 1 is 1.00 bits per heavy atom. The normalized spacial score (nSPS) is 14.5. The summed E-state index contributed by atoms with van der Waals surface area (Å²) < 4.78 is 3.22. The van der Waals surface area contributed by atoms with Crippen molar-refractivity contribution in [3.63, 3.8) is 0 Å². The zero-order valence-electron chi connectivity index (χ0n) is 16.7. The topological polar surface area (TPSA) is 52.9 Å². The molecule has 0 unspecified atom stereocenters. The number of fused-ring (bicyclic) bond motifs is 3. The number of amides is 2. The second-order valence-corrected chi connectivity index (χ2v) is 8.41. The van der Waals surface area contributed by atoms with Crippen LogP contribution in [0.15, 0.2) is 65.3 Å². The average molecular weight is 464 g/mol. The molecule has 4 aromatic rings. The summed E-state index contributed by atoms with van der Waals surface area (Å²) in [7, 11) is 0. The second kappa shape index (κ2) is 7.65. The molecule has 7 heteroatoms. The lowest BCUT2D eigenvalue weighted by Gasteiger charge is -2.35. The highest BCUT2D eigenvalue weighted by Crippen LogP contribution is 2.26. The van der Waals surface area contributed by atoms with Crippen molar-refractivity contribution in [2.24, 2.45) is 0 Å². The molecule has 5 rings (SSSR count). The maximum absolute atomic E-state index is 12.7. The first-order valence-corrected chi connectivity index (χ1v) is 10.8. The molecule has 30 heavy (non-hydrogen) atoms. The molecule has 1 aliphatic rings. The van der Waals surface area contributed by atoms with Crippen molar-refractivity contribution in [1.29, 1.82) is 0 Å². The summed E-state index contributed by atoms with van der Waals surface area (Å²) in [6.45, 7) is 4.82. The van der Waals surface area contributed by atoms with Gasteiger partial charge in [0.25, 0.3) is 0 Å². The number of aryl methyl sites for hydroxylation is 1. The molecule has 0 atom stereocenters. The third-order valence-corrected chi connectivity index (χ3v) is 6.51. The first-order chi connectivity index (χ1) is 14.6. The largest absolute Gasteiger partial charge is 0.351 e. The van der Waals surface area contributed by atoms with Crippen molar-refractivity contribution in [3.8, 4) is 0 Å². The van der Waals surface area contributed by atoms with Crippen LogP contribution in [0.4, 0.5) is 16.3 Å². The number of aromatic nitrogens is 2. The van der Waals surface area contributed by atoms with E-state index in [1.54, 1.807) is 0 Å². The van der Waals surface area contributed by atoms with Crippen LogP contribution in [-0.2, 0) is 0 Å². The molecule has 0 saturated carbocycles. The lowest BCUT2D eigenvalue weighted by Crippen LogP contribution is -2.50. The van der Waals surface area contributed by atoms with Gasteiger partial charge >= 0.3 is 6.03 Å². The van der Waals surface area contributed by atoms with Crippen molar-refractivity contribution >= 4 is 50.0 Å². The summed E-state index contributed by atoms with van der Waals surface area (Å²) in [5.74, 6) is 0.974. The smallest absolute Gasteiger partial charge is 0.321 e. The van der Waals surface area contributed by atoms with Gasteiger partial charge in [-0.2, -0.15) is 0 Å². The van der Waals surface area contributed by atoms with Crippen molar-refractivity contribution < 1.29 is 4.79 Å². The number of rotatable bonds is 2. The highest BCUT2D eigenvalue weighted by molar-refractivity contribution is 9.10. The van der Waals surface area contributed by atoms with Crippen LogP contribution in [0.1, 0.15) is 5.56 Å². The minimum absolute atomic E-state index is 0.0596. The van der Waals surface area contributed by atoms with Crippen LogP contribution in [0, 0.1) is 6.92 Å². The Hall–Kier alpha value is -3.06. The van der Waals surface area contributed by atoms with Crippen molar-refractivity contribution in [2.45, 2.75) is 6.92 Å². The first kappa shape index (κ1) is 18.9. The lowest BCUT2D eigenvalue weighted by atomic mass is 10.2. The lowest BCUT2D eigenvalue weighted by molar-refractivity contribution is 0.208. The molecule has 152 valence electrons. The summed E-state index contributed by atoms with van der Waals surface area (Å²) in [6.07, 6.45) is 2.08. The molecule has 2 aromatic carbocycles. The van der Waals surface area contributed by atoms with E-state index in [2.05, 4.69) is 54.9 Å². The quantitative estimate of drug-likeness (QED) is 0.459.